The molecule has 0 aromatic heterocycles. The summed E-state index contributed by atoms with van der Waals surface area (Å²) in [5.41, 5.74) is 1.55. The van der Waals surface area contributed by atoms with Crippen LogP contribution in [0.4, 0.5) is 5.69 Å². The topological polar surface area (TPSA) is 38.3 Å². The van der Waals surface area contributed by atoms with E-state index in [0.717, 1.165) is 5.56 Å². The van der Waals surface area contributed by atoms with Gasteiger partial charge in [-0.1, -0.05) is 11.6 Å². The molecule has 76 valence electrons. The fourth-order valence-electron chi connectivity index (χ4n) is 1.21. The number of nitrogens with one attached hydrogen (secondary N) is 1. The fourth-order valence-corrected chi connectivity index (χ4v) is 1.47. The zero-order valence-electron chi connectivity index (χ0n) is 8.35. The average Bonchev–Trinajstić information content (AvgIpc) is 2.08. The Morgan fingerprint density at radius 3 is 2.64 bits per heavy atom. The smallest absolute Gasteiger partial charge is 0.221 e. The predicted molar refractivity (Wildman–Crippen MR) is 57.0 cm³/mol. The van der Waals surface area contributed by atoms with Crippen molar-refractivity contribution in [2.45, 2.75) is 13.8 Å². The van der Waals surface area contributed by atoms with Crippen LogP contribution in [0, 0.1) is 6.92 Å². The van der Waals surface area contributed by atoms with Gasteiger partial charge in [-0.2, -0.15) is 0 Å². The number of anilines is 1. The lowest BCUT2D eigenvalue weighted by Gasteiger charge is -2.12. The highest BCUT2D eigenvalue weighted by atomic mass is 35.5. The van der Waals surface area contributed by atoms with E-state index in [4.69, 9.17) is 16.3 Å². The van der Waals surface area contributed by atoms with Crippen LogP contribution in [0.3, 0.4) is 0 Å². The SMILES string of the molecule is COc1cc(Cl)cc(C)c1NC(C)=O. The van der Waals surface area contributed by atoms with Gasteiger partial charge in [-0.05, 0) is 18.6 Å². The lowest BCUT2D eigenvalue weighted by Crippen LogP contribution is -2.08. The molecule has 0 saturated heterocycles. The lowest BCUT2D eigenvalue weighted by molar-refractivity contribution is -0.114. The number of hydrogen-bond acceptors (Lipinski definition) is 2. The Morgan fingerprint density at radius 2 is 2.14 bits per heavy atom. The van der Waals surface area contributed by atoms with Gasteiger partial charge in [0.05, 0.1) is 12.8 Å². The maximum Gasteiger partial charge on any atom is 0.221 e. The highest BCUT2D eigenvalue weighted by molar-refractivity contribution is 6.31. The summed E-state index contributed by atoms with van der Waals surface area (Å²) in [7, 11) is 1.54. The maximum atomic E-state index is 10.9. The third kappa shape index (κ3) is 2.39. The molecule has 1 amide bonds. The molecule has 0 radical (unpaired) electrons. The molecule has 0 atom stereocenters. The molecule has 0 aliphatic carbocycles. The van der Waals surface area contributed by atoms with Gasteiger partial charge < -0.3 is 10.1 Å². The Bertz CT molecular complexity index is 363. The normalized spacial score (nSPS) is 9.71. The molecular weight excluding hydrogens is 202 g/mol. The van der Waals surface area contributed by atoms with Crippen molar-refractivity contribution in [3.05, 3.63) is 22.7 Å². The van der Waals surface area contributed by atoms with Crippen molar-refractivity contribution < 1.29 is 9.53 Å². The van der Waals surface area contributed by atoms with Crippen LogP contribution in [0.25, 0.3) is 0 Å². The number of benzene rings is 1. The molecule has 0 unspecified atom stereocenters. The molecule has 14 heavy (non-hydrogen) atoms. The van der Waals surface area contributed by atoms with Crippen LogP contribution in [0.5, 0.6) is 5.75 Å². The van der Waals surface area contributed by atoms with Gasteiger partial charge in [-0.15, -0.1) is 0 Å². The Labute approximate surface area is 88.0 Å². The van der Waals surface area contributed by atoms with Crippen molar-refractivity contribution in [2.75, 3.05) is 12.4 Å². The molecule has 4 heteroatoms. The minimum Gasteiger partial charge on any atom is -0.495 e. The fraction of sp³-hybridized carbons (Fsp3) is 0.300. The van der Waals surface area contributed by atoms with Gasteiger partial charge in [-0.25, -0.2) is 0 Å². The van der Waals surface area contributed by atoms with E-state index < -0.39 is 0 Å². The van der Waals surface area contributed by atoms with Gasteiger partial charge in [0.15, 0.2) is 0 Å². The minimum absolute atomic E-state index is 0.131. The van der Waals surface area contributed by atoms with E-state index in [1.807, 2.05) is 6.92 Å². The predicted octanol–water partition coefficient (Wildman–Crippen LogP) is 2.62. The molecule has 0 spiro atoms. The molecule has 1 aromatic rings. The quantitative estimate of drug-likeness (QED) is 0.820. The number of rotatable bonds is 2. The molecule has 0 bridgehead atoms. The first-order valence-electron chi connectivity index (χ1n) is 4.16. The van der Waals surface area contributed by atoms with Crippen LogP contribution in [0.15, 0.2) is 12.1 Å². The van der Waals surface area contributed by atoms with E-state index in [2.05, 4.69) is 5.32 Å². The number of ether oxygens (including phenoxy) is 1. The highest BCUT2D eigenvalue weighted by Crippen LogP contribution is 2.31. The van der Waals surface area contributed by atoms with Gasteiger partial charge in [0.25, 0.3) is 0 Å². The van der Waals surface area contributed by atoms with Crippen LogP contribution in [-0.4, -0.2) is 13.0 Å². The number of amides is 1. The van der Waals surface area contributed by atoms with Crippen LogP contribution in [-0.2, 0) is 4.79 Å². The van der Waals surface area contributed by atoms with Gasteiger partial charge >= 0.3 is 0 Å². The third-order valence-electron chi connectivity index (χ3n) is 1.79. The first-order valence-corrected chi connectivity index (χ1v) is 4.54. The summed E-state index contributed by atoms with van der Waals surface area (Å²) in [6.07, 6.45) is 0. The van der Waals surface area contributed by atoms with E-state index in [1.54, 1.807) is 12.1 Å². The van der Waals surface area contributed by atoms with Gasteiger partial charge in [-0.3, -0.25) is 4.79 Å². The van der Waals surface area contributed by atoms with Crippen LogP contribution in [0.1, 0.15) is 12.5 Å². The third-order valence-corrected chi connectivity index (χ3v) is 2.00. The summed E-state index contributed by atoms with van der Waals surface area (Å²) in [4.78, 5) is 10.9. The zero-order chi connectivity index (χ0) is 10.7. The van der Waals surface area contributed by atoms with E-state index in [-0.39, 0.29) is 5.91 Å². The van der Waals surface area contributed by atoms with Crippen molar-refractivity contribution in [1.82, 2.24) is 0 Å². The van der Waals surface area contributed by atoms with Crippen LogP contribution in [0.2, 0.25) is 5.02 Å². The second-order valence-electron chi connectivity index (χ2n) is 2.98. The van der Waals surface area contributed by atoms with Gasteiger partial charge in [0.2, 0.25) is 5.91 Å². The second-order valence-corrected chi connectivity index (χ2v) is 3.42. The molecule has 0 aliphatic heterocycles. The Hall–Kier alpha value is -1.22. The molecule has 0 heterocycles. The number of methoxy groups -OCH3 is 1. The van der Waals surface area contributed by atoms with E-state index >= 15 is 0 Å². The van der Waals surface area contributed by atoms with Crippen molar-refractivity contribution in [2.24, 2.45) is 0 Å². The molecule has 0 aliphatic rings. The number of hydrogen-bond donors (Lipinski definition) is 1. The molecular formula is C10H12ClNO2. The monoisotopic (exact) mass is 213 g/mol. The summed E-state index contributed by atoms with van der Waals surface area (Å²) >= 11 is 5.84. The number of aryl methyl sites for hydroxylation is 1. The van der Waals surface area contributed by atoms with Gasteiger partial charge in [0.1, 0.15) is 5.75 Å². The van der Waals surface area contributed by atoms with Crippen molar-refractivity contribution >= 4 is 23.2 Å². The summed E-state index contributed by atoms with van der Waals surface area (Å²) in [6, 6.07) is 3.44. The zero-order valence-corrected chi connectivity index (χ0v) is 9.11. The van der Waals surface area contributed by atoms with Crippen LogP contribution >= 0.6 is 11.6 Å². The summed E-state index contributed by atoms with van der Waals surface area (Å²) in [5.74, 6) is 0.443. The Kier molecular flexibility index (Phi) is 3.36. The van der Waals surface area contributed by atoms with E-state index in [1.165, 1.54) is 14.0 Å². The molecule has 0 saturated carbocycles. The van der Waals surface area contributed by atoms with Crippen molar-refractivity contribution in [1.29, 1.82) is 0 Å². The Balaban J connectivity index is 3.18. The maximum absolute atomic E-state index is 10.9. The van der Waals surface area contributed by atoms with E-state index in [0.29, 0.717) is 16.5 Å². The first-order chi connectivity index (χ1) is 6.54. The van der Waals surface area contributed by atoms with Crippen molar-refractivity contribution in [3.8, 4) is 5.75 Å². The molecule has 1 N–H and O–H groups in total. The summed E-state index contributed by atoms with van der Waals surface area (Å²) in [6.45, 7) is 3.31. The van der Waals surface area contributed by atoms with Gasteiger partial charge in [0, 0.05) is 18.0 Å². The second kappa shape index (κ2) is 4.33. The van der Waals surface area contributed by atoms with E-state index in [9.17, 15) is 4.79 Å². The summed E-state index contributed by atoms with van der Waals surface area (Å²) < 4.78 is 5.11. The average molecular weight is 214 g/mol. The number of halogens is 1. The minimum atomic E-state index is -0.131. The highest BCUT2D eigenvalue weighted by Gasteiger charge is 2.08. The number of carbonyl (C=O) groups is 1. The molecule has 0 fully saturated rings. The lowest BCUT2D eigenvalue weighted by atomic mass is 10.2. The van der Waals surface area contributed by atoms with Crippen molar-refractivity contribution in [3.63, 3.8) is 0 Å². The Morgan fingerprint density at radius 1 is 1.50 bits per heavy atom. The number of carbonyl (C=O) groups excluding carboxylic acids is 1. The standard InChI is InChI=1S/C10H12ClNO2/c1-6-4-8(11)5-9(14-3)10(6)12-7(2)13/h4-5H,1-3H3,(H,12,13). The van der Waals surface area contributed by atoms with Crippen LogP contribution < -0.4 is 10.1 Å². The summed E-state index contributed by atoms with van der Waals surface area (Å²) in [5, 5.41) is 3.29. The molecule has 1 aromatic carbocycles. The first kappa shape index (κ1) is 10.9. The largest absolute Gasteiger partial charge is 0.495 e. The molecule has 3 nitrogen and oxygen atoms in total. The molecule has 1 rings (SSSR count).